The van der Waals surface area contributed by atoms with Crippen LogP contribution in [0.1, 0.15) is 25.8 Å². The first kappa shape index (κ1) is 15.7. The van der Waals surface area contributed by atoms with Crippen LogP contribution in [0.2, 0.25) is 0 Å². The first-order chi connectivity index (χ1) is 11.1. The monoisotopic (exact) mass is 313 g/mol. The van der Waals surface area contributed by atoms with Crippen LogP contribution in [-0.4, -0.2) is 27.8 Å². The number of anilines is 1. The second-order valence-electron chi connectivity index (χ2n) is 6.19. The molecule has 1 aliphatic heterocycles. The van der Waals surface area contributed by atoms with Gasteiger partial charge in [-0.3, -0.25) is 20.3 Å². The SMILES string of the molecule is CC1NNC(C)C1CC(=O)Nc1cnn(Cc2ccccc2)c1. The molecule has 2 atom stereocenters. The molecule has 1 saturated heterocycles. The zero-order valence-corrected chi connectivity index (χ0v) is 13.5. The predicted octanol–water partition coefficient (Wildman–Crippen LogP) is 1.76. The highest BCUT2D eigenvalue weighted by molar-refractivity contribution is 5.90. The van der Waals surface area contributed by atoms with Gasteiger partial charge in [-0.15, -0.1) is 0 Å². The highest BCUT2D eigenvalue weighted by Gasteiger charge is 2.31. The van der Waals surface area contributed by atoms with Gasteiger partial charge in [0.1, 0.15) is 0 Å². The fourth-order valence-electron chi connectivity index (χ4n) is 2.97. The molecule has 6 nitrogen and oxygen atoms in total. The quantitative estimate of drug-likeness (QED) is 0.786. The molecular weight excluding hydrogens is 290 g/mol. The molecule has 2 aromatic rings. The summed E-state index contributed by atoms with van der Waals surface area (Å²) in [6.07, 6.45) is 4.05. The number of nitrogens with one attached hydrogen (secondary N) is 3. The van der Waals surface area contributed by atoms with Crippen LogP contribution in [0, 0.1) is 5.92 Å². The Morgan fingerprint density at radius 2 is 1.91 bits per heavy atom. The molecule has 122 valence electrons. The van der Waals surface area contributed by atoms with E-state index in [1.54, 1.807) is 6.20 Å². The van der Waals surface area contributed by atoms with Crippen molar-refractivity contribution in [1.82, 2.24) is 20.6 Å². The van der Waals surface area contributed by atoms with Crippen LogP contribution in [0.5, 0.6) is 0 Å². The van der Waals surface area contributed by atoms with Gasteiger partial charge >= 0.3 is 0 Å². The fraction of sp³-hybridized carbons (Fsp3) is 0.412. The third-order valence-electron chi connectivity index (χ3n) is 4.35. The highest BCUT2D eigenvalue weighted by atomic mass is 16.1. The van der Waals surface area contributed by atoms with Gasteiger partial charge in [0.15, 0.2) is 0 Å². The average Bonchev–Trinajstić information content (AvgIpc) is 3.09. The lowest BCUT2D eigenvalue weighted by molar-refractivity contribution is -0.117. The molecule has 1 aliphatic rings. The summed E-state index contributed by atoms with van der Waals surface area (Å²) < 4.78 is 1.83. The number of nitrogens with zero attached hydrogens (tertiary/aromatic N) is 2. The van der Waals surface area contributed by atoms with Crippen LogP contribution >= 0.6 is 0 Å². The summed E-state index contributed by atoms with van der Waals surface area (Å²) in [7, 11) is 0. The molecule has 3 rings (SSSR count). The molecule has 0 radical (unpaired) electrons. The highest BCUT2D eigenvalue weighted by Crippen LogP contribution is 2.19. The van der Waals surface area contributed by atoms with Crippen molar-refractivity contribution < 1.29 is 4.79 Å². The summed E-state index contributed by atoms with van der Waals surface area (Å²) >= 11 is 0. The molecule has 0 aliphatic carbocycles. The maximum Gasteiger partial charge on any atom is 0.224 e. The van der Waals surface area contributed by atoms with E-state index in [-0.39, 0.29) is 23.9 Å². The van der Waals surface area contributed by atoms with Gasteiger partial charge in [0.05, 0.1) is 18.4 Å². The lowest BCUT2D eigenvalue weighted by Crippen LogP contribution is -2.30. The fourth-order valence-corrected chi connectivity index (χ4v) is 2.97. The summed E-state index contributed by atoms with van der Waals surface area (Å²) in [5.74, 6) is 0.313. The van der Waals surface area contributed by atoms with Gasteiger partial charge in [-0.2, -0.15) is 5.10 Å². The van der Waals surface area contributed by atoms with E-state index in [2.05, 4.69) is 47.2 Å². The summed E-state index contributed by atoms with van der Waals surface area (Å²) in [5, 5.41) is 7.24. The van der Waals surface area contributed by atoms with Crippen LogP contribution in [0.25, 0.3) is 0 Å². The second-order valence-corrected chi connectivity index (χ2v) is 6.19. The van der Waals surface area contributed by atoms with E-state index < -0.39 is 0 Å². The van der Waals surface area contributed by atoms with Crippen molar-refractivity contribution in [2.24, 2.45) is 5.92 Å². The molecule has 3 N–H and O–H groups in total. The van der Waals surface area contributed by atoms with E-state index in [1.165, 1.54) is 5.56 Å². The molecule has 1 aromatic heterocycles. The molecule has 2 unspecified atom stereocenters. The van der Waals surface area contributed by atoms with Crippen molar-refractivity contribution in [3.63, 3.8) is 0 Å². The molecular formula is C17H23N5O. The average molecular weight is 313 g/mol. The third-order valence-corrected chi connectivity index (χ3v) is 4.35. The first-order valence-corrected chi connectivity index (χ1v) is 7.99. The van der Waals surface area contributed by atoms with Crippen LogP contribution < -0.4 is 16.2 Å². The number of hydrogen-bond donors (Lipinski definition) is 3. The first-order valence-electron chi connectivity index (χ1n) is 7.99. The number of aromatic nitrogens is 2. The Morgan fingerprint density at radius 3 is 2.61 bits per heavy atom. The van der Waals surface area contributed by atoms with E-state index in [9.17, 15) is 4.79 Å². The molecule has 6 heteroatoms. The summed E-state index contributed by atoms with van der Waals surface area (Å²) in [4.78, 5) is 12.2. The lowest BCUT2D eigenvalue weighted by Gasteiger charge is -2.16. The van der Waals surface area contributed by atoms with Gasteiger partial charge in [0.2, 0.25) is 5.91 Å². The Balaban J connectivity index is 1.55. The third kappa shape index (κ3) is 3.97. The van der Waals surface area contributed by atoms with Crippen molar-refractivity contribution in [1.29, 1.82) is 0 Å². The number of carbonyl (C=O) groups is 1. The second kappa shape index (κ2) is 6.93. The van der Waals surface area contributed by atoms with Crippen molar-refractivity contribution in [2.75, 3.05) is 5.32 Å². The van der Waals surface area contributed by atoms with E-state index >= 15 is 0 Å². The van der Waals surface area contributed by atoms with Crippen LogP contribution in [0.4, 0.5) is 5.69 Å². The zero-order chi connectivity index (χ0) is 16.2. The Labute approximate surface area is 136 Å². The smallest absolute Gasteiger partial charge is 0.224 e. The van der Waals surface area contributed by atoms with E-state index in [4.69, 9.17) is 0 Å². The molecule has 1 aromatic carbocycles. The van der Waals surface area contributed by atoms with E-state index in [1.807, 2.05) is 29.1 Å². The van der Waals surface area contributed by atoms with Crippen LogP contribution in [-0.2, 0) is 11.3 Å². The minimum Gasteiger partial charge on any atom is -0.323 e. The van der Waals surface area contributed by atoms with E-state index in [0.29, 0.717) is 13.0 Å². The number of hydrazine groups is 1. The number of amides is 1. The largest absolute Gasteiger partial charge is 0.323 e. The Bertz CT molecular complexity index is 644. The molecule has 23 heavy (non-hydrogen) atoms. The number of benzene rings is 1. The minimum atomic E-state index is 0.0264. The summed E-state index contributed by atoms with van der Waals surface area (Å²) in [6, 6.07) is 10.7. The van der Waals surface area contributed by atoms with Crippen LogP contribution in [0.3, 0.4) is 0 Å². The van der Waals surface area contributed by atoms with Gasteiger partial charge in [0.25, 0.3) is 0 Å². The molecule has 1 fully saturated rings. The summed E-state index contributed by atoms with van der Waals surface area (Å²) in [5.41, 5.74) is 8.27. The lowest BCUT2D eigenvalue weighted by atomic mass is 9.93. The molecule has 0 spiro atoms. The predicted molar refractivity (Wildman–Crippen MR) is 89.7 cm³/mol. The molecule has 0 bridgehead atoms. The van der Waals surface area contributed by atoms with Crippen LogP contribution in [0.15, 0.2) is 42.7 Å². The topological polar surface area (TPSA) is 71.0 Å². The number of hydrogen-bond acceptors (Lipinski definition) is 4. The van der Waals surface area contributed by atoms with Gasteiger partial charge in [0, 0.05) is 30.6 Å². The normalized spacial score (nSPS) is 23.8. The standard InChI is InChI=1S/C17H23N5O/c1-12-16(13(2)21-20-12)8-17(23)19-15-9-18-22(11-15)10-14-6-4-3-5-7-14/h3-7,9,11-13,16,20-21H,8,10H2,1-2H3,(H,19,23). The zero-order valence-electron chi connectivity index (χ0n) is 13.5. The van der Waals surface area contributed by atoms with Crippen molar-refractivity contribution in [3.8, 4) is 0 Å². The van der Waals surface area contributed by atoms with Crippen molar-refractivity contribution in [2.45, 2.75) is 38.9 Å². The Hall–Kier alpha value is -2.18. The maximum atomic E-state index is 12.2. The summed E-state index contributed by atoms with van der Waals surface area (Å²) in [6.45, 7) is 4.87. The maximum absolute atomic E-state index is 12.2. The van der Waals surface area contributed by atoms with Gasteiger partial charge < -0.3 is 5.32 Å². The number of carbonyl (C=O) groups excluding carboxylic acids is 1. The number of rotatable bonds is 5. The minimum absolute atomic E-state index is 0.0264. The molecule has 2 heterocycles. The Kier molecular flexibility index (Phi) is 4.73. The molecule has 0 saturated carbocycles. The van der Waals surface area contributed by atoms with Crippen molar-refractivity contribution >= 4 is 11.6 Å². The van der Waals surface area contributed by atoms with E-state index in [0.717, 1.165) is 5.69 Å². The van der Waals surface area contributed by atoms with Gasteiger partial charge in [-0.05, 0) is 19.4 Å². The van der Waals surface area contributed by atoms with Gasteiger partial charge in [-0.1, -0.05) is 30.3 Å². The van der Waals surface area contributed by atoms with Crippen molar-refractivity contribution in [3.05, 3.63) is 48.3 Å². The molecule has 1 amide bonds. The van der Waals surface area contributed by atoms with Gasteiger partial charge in [-0.25, -0.2) is 0 Å². The Morgan fingerprint density at radius 1 is 1.22 bits per heavy atom.